The van der Waals surface area contributed by atoms with Gasteiger partial charge in [-0.05, 0) is 30.2 Å². The summed E-state index contributed by atoms with van der Waals surface area (Å²) in [4.78, 5) is 14.8. The number of aromatic nitrogens is 1. The minimum atomic E-state index is -1.04. The Morgan fingerprint density at radius 1 is 1.42 bits per heavy atom. The minimum Gasteiger partial charge on any atom is -0.478 e. The van der Waals surface area contributed by atoms with Crippen molar-refractivity contribution in [1.29, 1.82) is 0 Å². The summed E-state index contributed by atoms with van der Waals surface area (Å²) in [6.07, 6.45) is 2.22. The van der Waals surface area contributed by atoms with Gasteiger partial charge in [0.2, 0.25) is 0 Å². The lowest BCUT2D eigenvalue weighted by molar-refractivity contribution is 0.0696. The number of nitrogens with two attached hydrogens (primary N) is 1. The smallest absolute Gasteiger partial charge is 0.337 e. The van der Waals surface area contributed by atoms with Gasteiger partial charge in [-0.15, -0.1) is 0 Å². The minimum absolute atomic E-state index is 0.0744. The topological polar surface area (TPSA) is 88.2 Å². The van der Waals surface area contributed by atoms with Crippen molar-refractivity contribution in [2.75, 3.05) is 11.1 Å². The van der Waals surface area contributed by atoms with Crippen molar-refractivity contribution in [2.24, 2.45) is 0 Å². The van der Waals surface area contributed by atoms with E-state index in [1.807, 2.05) is 24.3 Å². The third kappa shape index (κ3) is 3.01. The average molecular weight is 257 g/mol. The molecule has 0 amide bonds. The normalized spacial score (nSPS) is 10.2. The number of benzene rings is 1. The van der Waals surface area contributed by atoms with Crippen LogP contribution in [0, 0.1) is 0 Å². The molecular weight excluding hydrogens is 242 g/mol. The van der Waals surface area contributed by atoms with E-state index in [1.165, 1.54) is 17.8 Å². The summed E-state index contributed by atoms with van der Waals surface area (Å²) in [5, 5.41) is 11.9. The van der Waals surface area contributed by atoms with Crippen molar-refractivity contribution < 1.29 is 9.90 Å². The number of anilines is 3. The zero-order valence-electron chi connectivity index (χ0n) is 10.6. The average Bonchev–Trinajstić information content (AvgIpc) is 2.41. The third-order valence-electron chi connectivity index (χ3n) is 2.76. The molecule has 1 heterocycles. The number of aryl methyl sites for hydroxylation is 1. The van der Waals surface area contributed by atoms with Gasteiger partial charge in [0, 0.05) is 11.9 Å². The highest BCUT2D eigenvalue weighted by molar-refractivity contribution is 5.89. The van der Waals surface area contributed by atoms with E-state index < -0.39 is 5.97 Å². The summed E-state index contributed by atoms with van der Waals surface area (Å²) in [5.41, 5.74) is 8.25. The van der Waals surface area contributed by atoms with Crippen LogP contribution < -0.4 is 11.1 Å². The Bertz CT molecular complexity index is 611. The van der Waals surface area contributed by atoms with Crippen LogP contribution in [0.5, 0.6) is 0 Å². The summed E-state index contributed by atoms with van der Waals surface area (Å²) in [7, 11) is 0. The first-order valence-electron chi connectivity index (χ1n) is 5.95. The summed E-state index contributed by atoms with van der Waals surface area (Å²) in [5.74, 6) is -0.586. The zero-order valence-corrected chi connectivity index (χ0v) is 10.6. The molecule has 4 N–H and O–H groups in total. The van der Waals surface area contributed by atoms with Crippen LogP contribution in [0.25, 0.3) is 0 Å². The largest absolute Gasteiger partial charge is 0.478 e. The molecule has 0 aliphatic heterocycles. The number of carbonyl (C=O) groups is 1. The van der Waals surface area contributed by atoms with Crippen molar-refractivity contribution in [2.45, 2.75) is 13.3 Å². The molecule has 19 heavy (non-hydrogen) atoms. The number of carboxylic acid groups (broad SMARTS) is 1. The number of rotatable bonds is 4. The highest BCUT2D eigenvalue weighted by Gasteiger charge is 2.08. The van der Waals surface area contributed by atoms with Crippen LogP contribution in [0.15, 0.2) is 36.5 Å². The molecule has 0 atom stereocenters. The predicted octanol–water partition coefficient (Wildman–Crippen LogP) is 2.67. The number of nitrogens with one attached hydrogen (secondary N) is 1. The SMILES string of the molecule is CCc1cccc(Nc2ncc(C(=O)O)cc2N)c1. The molecule has 0 radical (unpaired) electrons. The van der Waals surface area contributed by atoms with E-state index in [1.54, 1.807) is 0 Å². The van der Waals surface area contributed by atoms with Crippen LogP contribution in [-0.4, -0.2) is 16.1 Å². The molecule has 98 valence electrons. The molecular formula is C14H15N3O2. The highest BCUT2D eigenvalue weighted by atomic mass is 16.4. The Morgan fingerprint density at radius 3 is 2.84 bits per heavy atom. The van der Waals surface area contributed by atoms with Gasteiger partial charge in [0.15, 0.2) is 5.82 Å². The quantitative estimate of drug-likeness (QED) is 0.783. The molecule has 2 rings (SSSR count). The molecule has 0 fully saturated rings. The molecule has 0 aliphatic rings. The molecule has 1 aromatic heterocycles. The number of aromatic carboxylic acids is 1. The van der Waals surface area contributed by atoms with Gasteiger partial charge >= 0.3 is 5.97 Å². The Labute approximate surface area is 111 Å². The zero-order chi connectivity index (χ0) is 13.8. The van der Waals surface area contributed by atoms with E-state index in [-0.39, 0.29) is 5.56 Å². The fourth-order valence-electron chi connectivity index (χ4n) is 1.71. The number of nitrogens with zero attached hydrogens (tertiary/aromatic N) is 1. The molecule has 5 nitrogen and oxygen atoms in total. The van der Waals surface area contributed by atoms with E-state index in [0.29, 0.717) is 11.5 Å². The Balaban J connectivity index is 2.25. The van der Waals surface area contributed by atoms with Crippen molar-refractivity contribution in [3.63, 3.8) is 0 Å². The van der Waals surface area contributed by atoms with E-state index in [0.717, 1.165) is 12.1 Å². The Hall–Kier alpha value is -2.56. The fourth-order valence-corrected chi connectivity index (χ4v) is 1.71. The van der Waals surface area contributed by atoms with E-state index >= 15 is 0 Å². The van der Waals surface area contributed by atoms with Crippen molar-refractivity contribution in [1.82, 2.24) is 4.98 Å². The number of pyridine rings is 1. The predicted molar refractivity (Wildman–Crippen MR) is 74.7 cm³/mol. The van der Waals surface area contributed by atoms with E-state index in [2.05, 4.69) is 17.2 Å². The van der Waals surface area contributed by atoms with Gasteiger partial charge in [-0.2, -0.15) is 0 Å². The number of hydrogen-bond acceptors (Lipinski definition) is 4. The standard InChI is InChI=1S/C14H15N3O2/c1-2-9-4-3-5-11(6-9)17-13-12(15)7-10(8-16-13)14(18)19/h3-8H,2,15H2,1H3,(H,16,17)(H,18,19). The summed E-state index contributed by atoms with van der Waals surface area (Å²) in [6, 6.07) is 9.29. The molecule has 0 saturated carbocycles. The summed E-state index contributed by atoms with van der Waals surface area (Å²) in [6.45, 7) is 2.08. The van der Waals surface area contributed by atoms with Gasteiger partial charge in [-0.25, -0.2) is 9.78 Å². The molecule has 2 aromatic rings. The molecule has 5 heteroatoms. The van der Waals surface area contributed by atoms with Gasteiger partial charge in [0.1, 0.15) is 0 Å². The fraction of sp³-hybridized carbons (Fsp3) is 0.143. The third-order valence-corrected chi connectivity index (χ3v) is 2.76. The number of carboxylic acids is 1. The number of hydrogen-bond donors (Lipinski definition) is 3. The summed E-state index contributed by atoms with van der Waals surface area (Å²) >= 11 is 0. The van der Waals surface area contributed by atoms with Crippen LogP contribution in [0.3, 0.4) is 0 Å². The second-order valence-electron chi connectivity index (χ2n) is 4.15. The van der Waals surface area contributed by atoms with Crippen LogP contribution in [-0.2, 0) is 6.42 Å². The van der Waals surface area contributed by atoms with Gasteiger partial charge in [0.25, 0.3) is 0 Å². The van der Waals surface area contributed by atoms with Crippen LogP contribution in [0.2, 0.25) is 0 Å². The molecule has 0 aliphatic carbocycles. The molecule has 0 saturated heterocycles. The Kier molecular flexibility index (Phi) is 3.66. The van der Waals surface area contributed by atoms with Gasteiger partial charge in [-0.1, -0.05) is 19.1 Å². The highest BCUT2D eigenvalue weighted by Crippen LogP contribution is 2.22. The van der Waals surface area contributed by atoms with Crippen LogP contribution >= 0.6 is 0 Å². The Morgan fingerprint density at radius 2 is 2.21 bits per heavy atom. The summed E-state index contributed by atoms with van der Waals surface area (Å²) < 4.78 is 0. The van der Waals surface area contributed by atoms with Gasteiger partial charge in [-0.3, -0.25) is 0 Å². The van der Waals surface area contributed by atoms with Crippen molar-refractivity contribution in [3.05, 3.63) is 47.7 Å². The van der Waals surface area contributed by atoms with E-state index in [9.17, 15) is 4.79 Å². The molecule has 1 aromatic carbocycles. The first-order valence-corrected chi connectivity index (χ1v) is 5.95. The lowest BCUT2D eigenvalue weighted by atomic mass is 10.1. The van der Waals surface area contributed by atoms with Crippen molar-refractivity contribution in [3.8, 4) is 0 Å². The first-order chi connectivity index (χ1) is 9.10. The lowest BCUT2D eigenvalue weighted by Gasteiger charge is -2.09. The molecule has 0 unspecified atom stereocenters. The second-order valence-corrected chi connectivity index (χ2v) is 4.15. The first kappa shape index (κ1) is 12.9. The van der Waals surface area contributed by atoms with Gasteiger partial charge in [0.05, 0.1) is 11.3 Å². The lowest BCUT2D eigenvalue weighted by Crippen LogP contribution is -2.04. The molecule has 0 bridgehead atoms. The van der Waals surface area contributed by atoms with Crippen LogP contribution in [0.4, 0.5) is 17.2 Å². The number of nitrogen functional groups attached to an aromatic ring is 1. The van der Waals surface area contributed by atoms with Crippen molar-refractivity contribution >= 4 is 23.2 Å². The maximum absolute atomic E-state index is 10.8. The van der Waals surface area contributed by atoms with Gasteiger partial charge < -0.3 is 16.2 Å². The maximum Gasteiger partial charge on any atom is 0.337 e. The monoisotopic (exact) mass is 257 g/mol. The molecule has 0 spiro atoms. The van der Waals surface area contributed by atoms with E-state index in [4.69, 9.17) is 10.8 Å². The maximum atomic E-state index is 10.8. The second kappa shape index (κ2) is 5.39. The van der Waals surface area contributed by atoms with Crippen LogP contribution in [0.1, 0.15) is 22.8 Å².